The van der Waals surface area contributed by atoms with Gasteiger partial charge in [-0.15, -0.1) is 11.3 Å². The van der Waals surface area contributed by atoms with Crippen LogP contribution in [0.25, 0.3) is 21.8 Å². The molecule has 9 nitrogen and oxygen atoms in total. The topological polar surface area (TPSA) is 133 Å². The van der Waals surface area contributed by atoms with Crippen LogP contribution in [0.3, 0.4) is 0 Å². The summed E-state index contributed by atoms with van der Waals surface area (Å²) in [5.41, 5.74) is 6.62. The highest BCUT2D eigenvalue weighted by molar-refractivity contribution is 7.92. The number of nitrogens with one attached hydrogen (secondary N) is 1. The Hall–Kier alpha value is -3.35. The number of hydrogen-bond acceptors (Lipinski definition) is 9. The highest BCUT2D eigenvalue weighted by Crippen LogP contribution is 2.42. The number of furan rings is 1. The van der Waals surface area contributed by atoms with Gasteiger partial charge in [-0.3, -0.25) is 4.72 Å². The molecule has 176 valence electrons. The number of thiazole rings is 1. The third kappa shape index (κ3) is 4.39. The molecule has 3 N–H and O–H groups in total. The van der Waals surface area contributed by atoms with Gasteiger partial charge in [-0.05, 0) is 37.1 Å². The van der Waals surface area contributed by atoms with Gasteiger partial charge < -0.3 is 14.9 Å². The van der Waals surface area contributed by atoms with E-state index >= 15 is 4.39 Å². The monoisotopic (exact) mass is 501 g/mol. The number of aromatic nitrogens is 3. The van der Waals surface area contributed by atoms with Gasteiger partial charge in [0.1, 0.15) is 11.2 Å². The summed E-state index contributed by atoms with van der Waals surface area (Å²) in [6, 6.07) is 7.44. The van der Waals surface area contributed by atoms with E-state index in [0.717, 1.165) is 24.1 Å². The molecule has 0 saturated carbocycles. The van der Waals surface area contributed by atoms with Crippen LogP contribution in [0, 0.1) is 5.82 Å². The number of nitrogens with two attached hydrogens (primary N) is 1. The largest absolute Gasteiger partial charge is 0.471 e. The van der Waals surface area contributed by atoms with E-state index in [1.807, 2.05) is 0 Å². The summed E-state index contributed by atoms with van der Waals surface area (Å²) in [6.07, 6.45) is 5.45. The van der Waals surface area contributed by atoms with Crippen LogP contribution in [0.15, 0.2) is 58.4 Å². The van der Waals surface area contributed by atoms with Crippen molar-refractivity contribution in [2.45, 2.75) is 23.7 Å². The fraction of sp³-hybridized carbons (Fsp3) is 0.227. The first-order valence-corrected chi connectivity index (χ1v) is 12.7. The van der Waals surface area contributed by atoms with Crippen LogP contribution in [-0.4, -0.2) is 36.6 Å². The summed E-state index contributed by atoms with van der Waals surface area (Å²) in [5, 5.41) is 0.842. The molecule has 4 aromatic rings. The summed E-state index contributed by atoms with van der Waals surface area (Å²) in [7, 11) is -4.02. The van der Waals surface area contributed by atoms with Crippen LogP contribution in [0.2, 0.25) is 0 Å². The van der Waals surface area contributed by atoms with E-state index in [4.69, 9.17) is 19.9 Å². The molecule has 1 aliphatic heterocycles. The molecule has 0 aliphatic carbocycles. The average Bonchev–Trinajstić information content (AvgIpc) is 3.52. The number of hydrogen-bond donors (Lipinski definition) is 2. The normalized spacial score (nSPS) is 14.9. The summed E-state index contributed by atoms with van der Waals surface area (Å²) in [5.74, 6) is -0.482. The van der Waals surface area contributed by atoms with Crippen LogP contribution in [0.5, 0.6) is 0 Å². The molecule has 34 heavy (non-hydrogen) atoms. The molecule has 0 unspecified atom stereocenters. The lowest BCUT2D eigenvalue weighted by atomic mass is 10.0. The lowest BCUT2D eigenvalue weighted by Crippen LogP contribution is -2.14. The van der Waals surface area contributed by atoms with Gasteiger partial charge in [-0.2, -0.15) is 0 Å². The molecule has 0 spiro atoms. The minimum absolute atomic E-state index is 0.0894. The molecule has 1 saturated heterocycles. The highest BCUT2D eigenvalue weighted by Gasteiger charge is 2.26. The number of nitrogen functional groups attached to an aromatic ring is 1. The van der Waals surface area contributed by atoms with Gasteiger partial charge in [-0.1, -0.05) is 6.07 Å². The first kappa shape index (κ1) is 22.4. The van der Waals surface area contributed by atoms with E-state index in [1.54, 1.807) is 18.2 Å². The van der Waals surface area contributed by atoms with Crippen molar-refractivity contribution in [3.8, 4) is 21.8 Å². The Kier molecular flexibility index (Phi) is 6.02. The number of nitrogens with zero attached hydrogens (tertiary/aromatic N) is 3. The molecule has 3 aromatic heterocycles. The van der Waals surface area contributed by atoms with Crippen molar-refractivity contribution >= 4 is 33.0 Å². The standard InChI is InChI=1S/C22H20FN5O4S2/c23-18-15(2-1-3-16(18)28-34(29,30)14-7-11-32-12-14)19-20(17-4-8-25-22(24)26-17)33-21(27-19)13-5-9-31-10-6-13/h1-4,7-8,11-13,28H,5-6,9-10H2,(H2,24,25,26). The number of anilines is 2. The van der Waals surface area contributed by atoms with E-state index in [1.165, 1.54) is 35.9 Å². The number of halogens is 1. The molecule has 4 heterocycles. The molecular formula is C22H20FN5O4S2. The summed E-state index contributed by atoms with van der Waals surface area (Å²) in [4.78, 5) is 13.5. The lowest BCUT2D eigenvalue weighted by molar-refractivity contribution is 0.0853. The van der Waals surface area contributed by atoms with Gasteiger partial charge in [0.25, 0.3) is 10.0 Å². The van der Waals surface area contributed by atoms with Crippen molar-refractivity contribution < 1.29 is 22.0 Å². The lowest BCUT2D eigenvalue weighted by Gasteiger charge is -2.19. The molecule has 1 aromatic carbocycles. The Morgan fingerprint density at radius 2 is 1.97 bits per heavy atom. The van der Waals surface area contributed by atoms with E-state index in [-0.39, 0.29) is 28.0 Å². The van der Waals surface area contributed by atoms with Crippen LogP contribution < -0.4 is 10.5 Å². The first-order valence-electron chi connectivity index (χ1n) is 10.4. The Balaban J connectivity index is 1.60. The smallest absolute Gasteiger partial charge is 0.265 e. The maximum atomic E-state index is 15.7. The van der Waals surface area contributed by atoms with E-state index in [2.05, 4.69) is 14.7 Å². The number of rotatable bonds is 6. The fourth-order valence-corrected chi connectivity index (χ4v) is 5.92. The van der Waals surface area contributed by atoms with Crippen molar-refractivity contribution in [2.75, 3.05) is 23.7 Å². The number of benzene rings is 1. The predicted molar refractivity (Wildman–Crippen MR) is 125 cm³/mol. The Morgan fingerprint density at radius 3 is 2.71 bits per heavy atom. The third-order valence-corrected chi connectivity index (χ3v) is 8.01. The van der Waals surface area contributed by atoms with Crippen molar-refractivity contribution in [1.82, 2.24) is 15.0 Å². The molecule has 1 aliphatic rings. The van der Waals surface area contributed by atoms with Gasteiger partial charge in [0, 0.05) is 30.9 Å². The Labute approximate surface area is 198 Å². The van der Waals surface area contributed by atoms with E-state index in [9.17, 15) is 8.42 Å². The van der Waals surface area contributed by atoms with Gasteiger partial charge in [0.05, 0.1) is 33.2 Å². The van der Waals surface area contributed by atoms with Gasteiger partial charge in [0.2, 0.25) is 5.95 Å². The molecule has 0 radical (unpaired) electrons. The zero-order chi connectivity index (χ0) is 23.7. The fourth-order valence-electron chi connectivity index (χ4n) is 3.71. The maximum absolute atomic E-state index is 15.7. The van der Waals surface area contributed by atoms with Gasteiger partial charge in [0.15, 0.2) is 5.82 Å². The van der Waals surface area contributed by atoms with Crippen LogP contribution in [0.4, 0.5) is 16.0 Å². The molecule has 0 bridgehead atoms. The van der Waals surface area contributed by atoms with Crippen molar-refractivity contribution in [2.24, 2.45) is 0 Å². The summed E-state index contributed by atoms with van der Waals surface area (Å²) in [6.45, 7) is 1.27. The first-order chi connectivity index (χ1) is 16.4. The van der Waals surface area contributed by atoms with E-state index in [0.29, 0.717) is 29.5 Å². The minimum atomic E-state index is -4.02. The van der Waals surface area contributed by atoms with Crippen LogP contribution in [-0.2, 0) is 14.8 Å². The Bertz CT molecular complexity index is 1420. The van der Waals surface area contributed by atoms with Crippen molar-refractivity contribution in [1.29, 1.82) is 0 Å². The molecule has 0 amide bonds. The maximum Gasteiger partial charge on any atom is 0.265 e. The Morgan fingerprint density at radius 1 is 1.15 bits per heavy atom. The van der Waals surface area contributed by atoms with Crippen molar-refractivity contribution in [3.63, 3.8) is 0 Å². The summed E-state index contributed by atoms with van der Waals surface area (Å²) < 4.78 is 53.5. The average molecular weight is 502 g/mol. The predicted octanol–water partition coefficient (Wildman–Crippen LogP) is 4.28. The van der Waals surface area contributed by atoms with Crippen LogP contribution in [0.1, 0.15) is 23.8 Å². The second kappa shape index (κ2) is 9.12. The highest BCUT2D eigenvalue weighted by atomic mass is 32.2. The van der Waals surface area contributed by atoms with Gasteiger partial charge >= 0.3 is 0 Å². The zero-order valence-corrected chi connectivity index (χ0v) is 19.4. The van der Waals surface area contributed by atoms with Crippen LogP contribution >= 0.6 is 11.3 Å². The molecule has 0 atom stereocenters. The molecular weight excluding hydrogens is 481 g/mol. The SMILES string of the molecule is Nc1nccc(-c2sc(C3CCOCC3)nc2-c2cccc(NS(=O)(=O)c3ccoc3)c2F)n1. The molecule has 5 rings (SSSR count). The zero-order valence-electron chi connectivity index (χ0n) is 17.8. The second-order valence-electron chi connectivity index (χ2n) is 7.65. The minimum Gasteiger partial charge on any atom is -0.471 e. The molecule has 12 heteroatoms. The number of ether oxygens (including phenoxy) is 1. The second-order valence-corrected chi connectivity index (χ2v) is 10.4. The third-order valence-electron chi connectivity index (χ3n) is 5.42. The van der Waals surface area contributed by atoms with E-state index < -0.39 is 15.8 Å². The van der Waals surface area contributed by atoms with Crippen molar-refractivity contribution in [3.05, 3.63) is 59.9 Å². The summed E-state index contributed by atoms with van der Waals surface area (Å²) >= 11 is 1.42. The quantitative estimate of drug-likeness (QED) is 0.400. The number of sulfonamides is 1. The van der Waals surface area contributed by atoms with Gasteiger partial charge in [-0.25, -0.2) is 27.8 Å². The molecule has 1 fully saturated rings.